The number of nitrogens with one attached hydrogen (secondary N) is 1. The summed E-state index contributed by atoms with van der Waals surface area (Å²) >= 11 is 0. The summed E-state index contributed by atoms with van der Waals surface area (Å²) < 4.78 is 0. The van der Waals surface area contributed by atoms with Crippen molar-refractivity contribution in [2.45, 2.75) is 51.5 Å². The third-order valence-electron chi connectivity index (χ3n) is 7.16. The molecule has 0 bridgehead atoms. The first-order valence-electron chi connectivity index (χ1n) is 12.4. The van der Waals surface area contributed by atoms with E-state index in [0.29, 0.717) is 16.9 Å². The van der Waals surface area contributed by atoms with Crippen LogP contribution < -0.4 is 15.1 Å². The smallest absolute Gasteiger partial charge is 0.253 e. The molecular formula is C27H32N4O3. The monoisotopic (exact) mass is 460 g/mol. The average Bonchev–Trinajstić information content (AvgIpc) is 2.87. The molecule has 7 heteroatoms. The van der Waals surface area contributed by atoms with Crippen LogP contribution in [0.1, 0.15) is 54.4 Å². The summed E-state index contributed by atoms with van der Waals surface area (Å²) in [6.07, 6.45) is 6.01. The summed E-state index contributed by atoms with van der Waals surface area (Å²) in [5.74, 6) is -0.311. The molecule has 0 unspecified atom stereocenters. The van der Waals surface area contributed by atoms with E-state index < -0.39 is 0 Å². The van der Waals surface area contributed by atoms with Crippen LogP contribution in [0.3, 0.4) is 0 Å². The van der Waals surface area contributed by atoms with Crippen LogP contribution >= 0.6 is 0 Å². The topological polar surface area (TPSA) is 73.0 Å². The number of hydrogen-bond donors (Lipinski definition) is 1. The maximum atomic E-state index is 13.5. The molecule has 2 aromatic carbocycles. The fourth-order valence-electron chi connectivity index (χ4n) is 5.31. The molecular weight excluding hydrogens is 428 g/mol. The van der Waals surface area contributed by atoms with E-state index in [1.165, 1.54) is 0 Å². The number of fused-ring (bicyclic) bond motifs is 3. The van der Waals surface area contributed by atoms with E-state index in [0.717, 1.165) is 69.4 Å². The number of aryl methyl sites for hydroxylation is 1. The van der Waals surface area contributed by atoms with E-state index in [-0.39, 0.29) is 30.3 Å². The van der Waals surface area contributed by atoms with Crippen molar-refractivity contribution in [3.05, 3.63) is 53.6 Å². The fraction of sp³-hybridized carbons (Fsp3) is 0.444. The van der Waals surface area contributed by atoms with Gasteiger partial charge in [0.25, 0.3) is 5.91 Å². The van der Waals surface area contributed by atoms with Gasteiger partial charge in [-0.2, -0.15) is 0 Å². The van der Waals surface area contributed by atoms with Crippen molar-refractivity contribution >= 4 is 34.8 Å². The van der Waals surface area contributed by atoms with Gasteiger partial charge in [0, 0.05) is 30.9 Å². The van der Waals surface area contributed by atoms with E-state index in [9.17, 15) is 14.4 Å². The van der Waals surface area contributed by atoms with Crippen molar-refractivity contribution in [1.29, 1.82) is 0 Å². The van der Waals surface area contributed by atoms with E-state index in [2.05, 4.69) is 10.2 Å². The highest BCUT2D eigenvalue weighted by Crippen LogP contribution is 2.40. The van der Waals surface area contributed by atoms with Gasteiger partial charge >= 0.3 is 0 Å². The van der Waals surface area contributed by atoms with Crippen LogP contribution in [0, 0.1) is 6.92 Å². The molecule has 3 aliphatic heterocycles. The number of rotatable bonds is 4. The number of likely N-dealkylation sites (tertiary alicyclic amines) is 1. The Morgan fingerprint density at radius 2 is 1.65 bits per heavy atom. The van der Waals surface area contributed by atoms with E-state index in [1.807, 2.05) is 54.3 Å². The molecule has 0 saturated carbocycles. The fourth-order valence-corrected chi connectivity index (χ4v) is 5.31. The van der Waals surface area contributed by atoms with Crippen LogP contribution in [-0.4, -0.2) is 54.8 Å². The van der Waals surface area contributed by atoms with Crippen molar-refractivity contribution < 1.29 is 14.4 Å². The highest BCUT2D eigenvalue weighted by atomic mass is 16.2. The number of piperidine rings is 2. The number of carbonyl (C=O) groups is 3. The number of benzene rings is 2. The second-order valence-corrected chi connectivity index (χ2v) is 9.60. The van der Waals surface area contributed by atoms with Crippen LogP contribution in [0.15, 0.2) is 42.5 Å². The molecule has 7 nitrogen and oxygen atoms in total. The average molecular weight is 461 g/mol. The van der Waals surface area contributed by atoms with Gasteiger partial charge in [-0.3, -0.25) is 19.3 Å². The van der Waals surface area contributed by atoms with Crippen LogP contribution in [0.25, 0.3) is 0 Å². The third-order valence-corrected chi connectivity index (χ3v) is 7.16. The van der Waals surface area contributed by atoms with Gasteiger partial charge in [-0.1, -0.05) is 17.7 Å². The first kappa shape index (κ1) is 22.4. The van der Waals surface area contributed by atoms with Gasteiger partial charge < -0.3 is 15.1 Å². The first-order valence-corrected chi connectivity index (χ1v) is 12.4. The molecule has 0 radical (unpaired) electrons. The molecule has 5 rings (SSSR count). The van der Waals surface area contributed by atoms with Crippen LogP contribution in [0.4, 0.5) is 17.1 Å². The van der Waals surface area contributed by atoms with Gasteiger partial charge in [0.15, 0.2) is 0 Å². The molecule has 1 atom stereocenters. The Kier molecular flexibility index (Phi) is 6.26. The Hall–Kier alpha value is -3.35. The molecule has 2 fully saturated rings. The number of carbonyl (C=O) groups excluding carboxylic acids is 3. The zero-order valence-electron chi connectivity index (χ0n) is 19.8. The van der Waals surface area contributed by atoms with Crippen molar-refractivity contribution in [3.8, 4) is 0 Å². The van der Waals surface area contributed by atoms with E-state index in [4.69, 9.17) is 0 Å². The predicted molar refractivity (Wildman–Crippen MR) is 133 cm³/mol. The number of nitrogens with zero attached hydrogens (tertiary/aromatic N) is 3. The van der Waals surface area contributed by atoms with Gasteiger partial charge in [-0.05, 0) is 75.8 Å². The molecule has 34 heavy (non-hydrogen) atoms. The number of hydrogen-bond acceptors (Lipinski definition) is 4. The Labute approximate surface area is 200 Å². The Bertz CT molecular complexity index is 1090. The van der Waals surface area contributed by atoms with Crippen molar-refractivity contribution in [3.63, 3.8) is 0 Å². The minimum absolute atomic E-state index is 0.000210. The first-order chi connectivity index (χ1) is 16.5. The lowest BCUT2D eigenvalue weighted by atomic mass is 9.95. The van der Waals surface area contributed by atoms with Gasteiger partial charge in [-0.15, -0.1) is 0 Å². The highest BCUT2D eigenvalue weighted by Gasteiger charge is 2.40. The Balaban J connectivity index is 1.44. The van der Waals surface area contributed by atoms with Crippen molar-refractivity contribution in [1.82, 2.24) is 4.90 Å². The van der Waals surface area contributed by atoms with Gasteiger partial charge in [0.1, 0.15) is 12.6 Å². The lowest BCUT2D eigenvalue weighted by Gasteiger charge is -2.45. The van der Waals surface area contributed by atoms with Gasteiger partial charge in [0.05, 0.1) is 11.4 Å². The third kappa shape index (κ3) is 4.39. The molecule has 0 spiro atoms. The van der Waals surface area contributed by atoms with Gasteiger partial charge in [-0.25, -0.2) is 0 Å². The van der Waals surface area contributed by atoms with Crippen molar-refractivity contribution in [2.75, 3.05) is 41.3 Å². The van der Waals surface area contributed by atoms with E-state index >= 15 is 0 Å². The largest absolute Gasteiger partial charge is 0.358 e. The normalized spacial score (nSPS) is 20.0. The van der Waals surface area contributed by atoms with Crippen LogP contribution in [0.5, 0.6) is 0 Å². The van der Waals surface area contributed by atoms with Crippen LogP contribution in [0.2, 0.25) is 0 Å². The van der Waals surface area contributed by atoms with E-state index in [1.54, 1.807) is 4.90 Å². The maximum absolute atomic E-state index is 13.5. The summed E-state index contributed by atoms with van der Waals surface area (Å²) in [7, 11) is 0. The molecule has 2 saturated heterocycles. The Morgan fingerprint density at radius 1 is 0.912 bits per heavy atom. The maximum Gasteiger partial charge on any atom is 0.253 e. The lowest BCUT2D eigenvalue weighted by molar-refractivity contribution is -0.123. The molecule has 3 aliphatic rings. The predicted octanol–water partition coefficient (Wildman–Crippen LogP) is 3.97. The summed E-state index contributed by atoms with van der Waals surface area (Å²) in [6, 6.07) is 13.0. The molecule has 2 aromatic rings. The second-order valence-electron chi connectivity index (χ2n) is 9.60. The number of anilines is 3. The number of amides is 3. The molecule has 1 N–H and O–H groups in total. The minimum atomic E-state index is -0.253. The minimum Gasteiger partial charge on any atom is -0.358 e. The van der Waals surface area contributed by atoms with Crippen molar-refractivity contribution in [2.24, 2.45) is 0 Å². The van der Waals surface area contributed by atoms with Gasteiger partial charge in [0.2, 0.25) is 11.8 Å². The summed E-state index contributed by atoms with van der Waals surface area (Å²) in [6.45, 7) is 4.27. The summed E-state index contributed by atoms with van der Waals surface area (Å²) in [5.41, 5.74) is 3.98. The zero-order chi connectivity index (χ0) is 23.7. The highest BCUT2D eigenvalue weighted by molar-refractivity contribution is 6.11. The van der Waals surface area contributed by atoms with Crippen LogP contribution in [-0.2, 0) is 9.59 Å². The quantitative estimate of drug-likeness (QED) is 0.750. The SMILES string of the molecule is Cc1ccc(NC(=O)CN2C(=O)[C@H]3CCCCN3c3ccc(C(=O)N4CCCCC4)cc32)cc1. The molecule has 178 valence electrons. The molecule has 3 heterocycles. The summed E-state index contributed by atoms with van der Waals surface area (Å²) in [5, 5.41) is 2.91. The Morgan fingerprint density at radius 3 is 2.41 bits per heavy atom. The second kappa shape index (κ2) is 9.49. The molecule has 3 amide bonds. The molecule has 0 aliphatic carbocycles. The molecule has 0 aromatic heterocycles. The zero-order valence-corrected chi connectivity index (χ0v) is 19.8. The standard InChI is InChI=1S/C27H32N4O3/c1-19-8-11-21(12-9-19)28-25(32)18-31-24-17-20(26(33)29-14-4-2-5-15-29)10-13-22(24)30-16-6-3-7-23(30)27(31)34/h8-13,17,23H,2-7,14-16,18H2,1H3,(H,28,32)/t23-/m1/s1. The lowest BCUT2D eigenvalue weighted by Crippen LogP contribution is -2.56. The summed E-state index contributed by atoms with van der Waals surface area (Å²) in [4.78, 5) is 45.3.